The van der Waals surface area contributed by atoms with Gasteiger partial charge < -0.3 is 0 Å². The minimum absolute atomic E-state index is 0.370. The summed E-state index contributed by atoms with van der Waals surface area (Å²) >= 11 is 0. The molecule has 0 bridgehead atoms. The van der Waals surface area contributed by atoms with Crippen LogP contribution in [0.1, 0.15) is 11.1 Å². The van der Waals surface area contributed by atoms with Gasteiger partial charge in [-0.3, -0.25) is 0 Å². The van der Waals surface area contributed by atoms with Crippen LogP contribution in [0.4, 0.5) is 0 Å². The van der Waals surface area contributed by atoms with Crippen molar-refractivity contribution < 1.29 is 0 Å². The van der Waals surface area contributed by atoms with Gasteiger partial charge in [-0.25, -0.2) is 0 Å². The molecule has 3 aromatic carbocycles. The monoisotopic (exact) mass is 272 g/mol. The molecule has 4 rings (SSSR count). The van der Waals surface area contributed by atoms with Gasteiger partial charge in [-0.2, -0.15) is 0 Å². The molecule has 0 atom stereocenters. The van der Waals surface area contributed by atoms with E-state index in [4.69, 9.17) is 0 Å². The van der Waals surface area contributed by atoms with E-state index in [0.717, 1.165) is 6.42 Å². The van der Waals surface area contributed by atoms with E-state index in [1.807, 2.05) is 0 Å². The van der Waals surface area contributed by atoms with Crippen molar-refractivity contribution in [3.05, 3.63) is 83.9 Å². The molecule has 0 amide bonds. The summed E-state index contributed by atoms with van der Waals surface area (Å²) in [5, 5.41) is 3.13. The van der Waals surface area contributed by atoms with E-state index in [2.05, 4.69) is 72.8 Å². The molecular weight excluding hydrogens is 256 g/mol. The van der Waals surface area contributed by atoms with Crippen molar-refractivity contribution in [1.29, 1.82) is 0 Å². The third-order valence-electron chi connectivity index (χ3n) is 4.19. The third kappa shape index (κ3) is 1.91. The van der Waals surface area contributed by atoms with E-state index in [0.29, 0.717) is 0 Å². The lowest BCUT2D eigenvalue weighted by Crippen LogP contribution is -2.29. The van der Waals surface area contributed by atoms with Gasteiger partial charge in [-0.1, -0.05) is 83.2 Å². The zero-order chi connectivity index (χ0) is 13.4. The zero-order valence-electron chi connectivity index (χ0n) is 11.3. The predicted octanol–water partition coefficient (Wildman–Crippen LogP) is 2.38. The van der Waals surface area contributed by atoms with Crippen molar-refractivity contribution >= 4 is 19.9 Å². The predicted molar refractivity (Wildman–Crippen MR) is 88.9 cm³/mol. The molecule has 0 saturated heterocycles. The SMILES string of the molecule is c1ccc([SiH2]c2cccc3c2Cc2ccccc2-3)cc1. The molecule has 0 aromatic heterocycles. The lowest BCUT2D eigenvalue weighted by atomic mass is 10.1. The van der Waals surface area contributed by atoms with Gasteiger partial charge in [0.15, 0.2) is 0 Å². The first kappa shape index (κ1) is 11.7. The van der Waals surface area contributed by atoms with Crippen molar-refractivity contribution in [1.82, 2.24) is 0 Å². The molecule has 0 heterocycles. The molecular formula is C19H16Si. The van der Waals surface area contributed by atoms with Crippen LogP contribution in [0.25, 0.3) is 11.1 Å². The topological polar surface area (TPSA) is 0 Å². The molecule has 0 radical (unpaired) electrons. The molecule has 1 aliphatic rings. The maximum Gasteiger partial charge on any atom is 0.0879 e. The number of fused-ring (bicyclic) bond motifs is 3. The maximum absolute atomic E-state index is 2.34. The Morgan fingerprint density at radius 1 is 0.650 bits per heavy atom. The summed E-state index contributed by atoms with van der Waals surface area (Å²) < 4.78 is 0. The normalized spacial score (nSPS) is 12.6. The Balaban J connectivity index is 1.78. The summed E-state index contributed by atoms with van der Waals surface area (Å²) in [4.78, 5) is 0. The second-order valence-corrected chi connectivity index (χ2v) is 7.37. The van der Waals surface area contributed by atoms with Gasteiger partial charge in [0.2, 0.25) is 0 Å². The average molecular weight is 272 g/mol. The van der Waals surface area contributed by atoms with Gasteiger partial charge in [0.05, 0.1) is 9.52 Å². The van der Waals surface area contributed by atoms with Gasteiger partial charge in [-0.15, -0.1) is 0 Å². The van der Waals surface area contributed by atoms with Crippen molar-refractivity contribution in [2.24, 2.45) is 0 Å². The number of hydrogen-bond acceptors (Lipinski definition) is 0. The van der Waals surface area contributed by atoms with Gasteiger partial charge >= 0.3 is 0 Å². The highest BCUT2D eigenvalue weighted by molar-refractivity contribution is 6.68. The van der Waals surface area contributed by atoms with Crippen LogP contribution >= 0.6 is 0 Å². The van der Waals surface area contributed by atoms with Crippen molar-refractivity contribution in [2.75, 3.05) is 0 Å². The Labute approximate surface area is 121 Å². The van der Waals surface area contributed by atoms with Crippen molar-refractivity contribution in [3.63, 3.8) is 0 Å². The summed E-state index contributed by atoms with van der Waals surface area (Å²) in [6.07, 6.45) is 1.11. The highest BCUT2D eigenvalue weighted by Crippen LogP contribution is 2.34. The fourth-order valence-electron chi connectivity index (χ4n) is 3.20. The van der Waals surface area contributed by atoms with Gasteiger partial charge in [0, 0.05) is 0 Å². The fraction of sp³-hybridized carbons (Fsp3) is 0.0526. The van der Waals surface area contributed by atoms with Gasteiger partial charge in [0.1, 0.15) is 0 Å². The molecule has 0 nitrogen and oxygen atoms in total. The van der Waals surface area contributed by atoms with Crippen molar-refractivity contribution in [3.8, 4) is 11.1 Å². The van der Waals surface area contributed by atoms with Crippen LogP contribution in [-0.4, -0.2) is 9.52 Å². The van der Waals surface area contributed by atoms with Gasteiger partial charge in [0.25, 0.3) is 0 Å². The fourth-order valence-corrected chi connectivity index (χ4v) is 4.94. The van der Waals surface area contributed by atoms with E-state index in [9.17, 15) is 0 Å². The molecule has 0 saturated carbocycles. The quantitative estimate of drug-likeness (QED) is 0.492. The van der Waals surface area contributed by atoms with Crippen LogP contribution in [0.5, 0.6) is 0 Å². The molecule has 3 aromatic rings. The largest absolute Gasteiger partial charge is 0.0879 e. The molecule has 0 spiro atoms. The molecule has 20 heavy (non-hydrogen) atoms. The Hall–Kier alpha value is -2.12. The first-order chi connectivity index (χ1) is 9.92. The summed E-state index contributed by atoms with van der Waals surface area (Å²) in [6, 6.07) is 26.6. The molecule has 0 N–H and O–H groups in total. The Morgan fingerprint density at radius 3 is 2.30 bits per heavy atom. The third-order valence-corrected chi connectivity index (χ3v) is 6.11. The molecule has 1 aliphatic carbocycles. The number of rotatable bonds is 2. The zero-order valence-corrected chi connectivity index (χ0v) is 12.8. The highest BCUT2D eigenvalue weighted by Gasteiger charge is 2.20. The minimum atomic E-state index is -0.370. The summed E-state index contributed by atoms with van der Waals surface area (Å²) in [5.41, 5.74) is 5.95. The minimum Gasteiger partial charge on any atom is -0.0633 e. The molecule has 96 valence electrons. The maximum atomic E-state index is 2.34. The lowest BCUT2D eigenvalue weighted by molar-refractivity contribution is 1.28. The van der Waals surface area contributed by atoms with Crippen molar-refractivity contribution in [2.45, 2.75) is 6.42 Å². The second kappa shape index (κ2) is 4.77. The second-order valence-electron chi connectivity index (χ2n) is 5.44. The summed E-state index contributed by atoms with van der Waals surface area (Å²) in [6.45, 7) is 0. The standard InChI is InChI=1S/C19H16Si/c1-2-8-15(9-3-1)20-19-12-6-11-17-16-10-5-4-7-14(16)13-18(17)19/h1-12H,13,20H2. The van der Waals surface area contributed by atoms with Crippen LogP contribution in [0.3, 0.4) is 0 Å². The Kier molecular flexibility index (Phi) is 2.78. The van der Waals surface area contributed by atoms with E-state index in [1.54, 1.807) is 10.8 Å². The summed E-state index contributed by atoms with van der Waals surface area (Å²) in [7, 11) is -0.370. The lowest BCUT2D eigenvalue weighted by Gasteiger charge is -2.08. The Bertz CT molecular complexity index is 760. The van der Waals surface area contributed by atoms with Gasteiger partial charge in [-0.05, 0) is 28.7 Å². The first-order valence-electron chi connectivity index (χ1n) is 7.15. The molecule has 0 fully saturated rings. The van der Waals surface area contributed by atoms with E-state index < -0.39 is 0 Å². The van der Waals surface area contributed by atoms with Crippen LogP contribution in [0.15, 0.2) is 72.8 Å². The molecule has 0 aliphatic heterocycles. The average Bonchev–Trinajstić information content (AvgIpc) is 2.88. The Morgan fingerprint density at radius 2 is 1.40 bits per heavy atom. The van der Waals surface area contributed by atoms with Crippen LogP contribution in [0.2, 0.25) is 0 Å². The smallest absolute Gasteiger partial charge is 0.0633 e. The van der Waals surface area contributed by atoms with Crippen LogP contribution < -0.4 is 10.4 Å². The first-order valence-corrected chi connectivity index (χ1v) is 8.56. The number of hydrogen-bond donors (Lipinski definition) is 0. The van der Waals surface area contributed by atoms with E-state index in [-0.39, 0.29) is 9.52 Å². The van der Waals surface area contributed by atoms with E-state index in [1.165, 1.54) is 21.9 Å². The number of benzene rings is 3. The summed E-state index contributed by atoms with van der Waals surface area (Å²) in [5.74, 6) is 0. The van der Waals surface area contributed by atoms with Crippen LogP contribution in [0, 0.1) is 0 Å². The van der Waals surface area contributed by atoms with Crippen LogP contribution in [-0.2, 0) is 6.42 Å². The molecule has 1 heteroatoms. The molecule has 0 unspecified atom stereocenters. The highest BCUT2D eigenvalue weighted by atomic mass is 28.2. The van der Waals surface area contributed by atoms with E-state index >= 15 is 0 Å².